The number of hydrogen-bond donors (Lipinski definition) is 0. The van der Waals surface area contributed by atoms with E-state index >= 15 is 0 Å². The Morgan fingerprint density at radius 2 is 1.88 bits per heavy atom. The Kier molecular flexibility index (Phi) is 4.91. The molecule has 26 heavy (non-hydrogen) atoms. The molecule has 0 amide bonds. The fourth-order valence-electron chi connectivity index (χ4n) is 5.81. The average molecular weight is 396 g/mol. The number of ketones is 1. The van der Waals surface area contributed by atoms with Gasteiger partial charge in [0.05, 0.1) is 4.90 Å². The Morgan fingerprint density at radius 3 is 2.58 bits per heavy atom. The zero-order valence-corrected chi connectivity index (χ0v) is 16.7. The number of sulfonamides is 1. The quantitative estimate of drug-likeness (QED) is 0.773. The van der Waals surface area contributed by atoms with Crippen LogP contribution < -0.4 is 0 Å². The molecule has 4 rings (SSSR count). The third kappa shape index (κ3) is 2.92. The zero-order chi connectivity index (χ0) is 18.5. The van der Waals surface area contributed by atoms with Gasteiger partial charge in [-0.3, -0.25) is 4.79 Å². The minimum atomic E-state index is -3.53. The molecule has 1 aliphatic heterocycles. The van der Waals surface area contributed by atoms with Crippen LogP contribution in [0.5, 0.6) is 0 Å². The molecular formula is C20H26ClNO3S. The molecule has 1 aromatic carbocycles. The summed E-state index contributed by atoms with van der Waals surface area (Å²) < 4.78 is 28.4. The summed E-state index contributed by atoms with van der Waals surface area (Å²) in [5, 5.41) is 0.539. The van der Waals surface area contributed by atoms with Crippen LogP contribution in [0.4, 0.5) is 0 Å². The average Bonchev–Trinajstić information content (AvgIpc) is 2.62. The minimum Gasteiger partial charge on any atom is -0.299 e. The van der Waals surface area contributed by atoms with Gasteiger partial charge in [-0.05, 0) is 67.7 Å². The molecule has 0 radical (unpaired) electrons. The first-order valence-corrected chi connectivity index (χ1v) is 11.6. The maximum atomic E-state index is 13.3. The lowest BCUT2D eigenvalue weighted by atomic mass is 9.56. The van der Waals surface area contributed by atoms with Crippen LogP contribution in [0, 0.1) is 23.7 Å². The molecule has 1 saturated heterocycles. The Bertz CT molecular complexity index is 792. The predicted octanol–water partition coefficient (Wildman–Crippen LogP) is 4.13. The van der Waals surface area contributed by atoms with Crippen molar-refractivity contribution in [2.24, 2.45) is 23.7 Å². The van der Waals surface area contributed by atoms with Crippen LogP contribution >= 0.6 is 11.6 Å². The number of carbonyl (C=O) groups excluding carboxylic acids is 1. The van der Waals surface area contributed by atoms with Gasteiger partial charge in [-0.2, -0.15) is 4.31 Å². The van der Waals surface area contributed by atoms with Crippen LogP contribution in [-0.4, -0.2) is 31.1 Å². The number of benzene rings is 1. The number of halogens is 1. The molecule has 0 unspecified atom stereocenters. The molecule has 0 bridgehead atoms. The van der Waals surface area contributed by atoms with Gasteiger partial charge in [0.2, 0.25) is 10.0 Å². The van der Waals surface area contributed by atoms with Gasteiger partial charge in [0.15, 0.2) is 0 Å². The Morgan fingerprint density at radius 1 is 1.15 bits per heavy atom. The van der Waals surface area contributed by atoms with Crippen molar-refractivity contribution in [2.75, 3.05) is 6.54 Å². The van der Waals surface area contributed by atoms with E-state index < -0.39 is 10.0 Å². The topological polar surface area (TPSA) is 54.5 Å². The monoisotopic (exact) mass is 395 g/mol. The highest BCUT2D eigenvalue weighted by molar-refractivity contribution is 7.89. The fourth-order valence-corrected chi connectivity index (χ4v) is 7.64. The zero-order valence-electron chi connectivity index (χ0n) is 15.1. The lowest BCUT2D eigenvalue weighted by Gasteiger charge is -2.54. The third-order valence-corrected chi connectivity index (χ3v) is 9.06. The highest BCUT2D eigenvalue weighted by Gasteiger charge is 2.53. The first-order chi connectivity index (χ1) is 12.4. The largest absolute Gasteiger partial charge is 0.299 e. The van der Waals surface area contributed by atoms with Crippen molar-refractivity contribution in [3.05, 3.63) is 29.3 Å². The van der Waals surface area contributed by atoms with Crippen molar-refractivity contribution in [2.45, 2.75) is 56.4 Å². The van der Waals surface area contributed by atoms with Gasteiger partial charge in [0.25, 0.3) is 0 Å². The molecule has 0 aromatic heterocycles. The molecule has 2 saturated carbocycles. The highest BCUT2D eigenvalue weighted by Crippen LogP contribution is 2.52. The second-order valence-corrected chi connectivity index (χ2v) is 10.4. The summed E-state index contributed by atoms with van der Waals surface area (Å²) >= 11 is 5.93. The van der Waals surface area contributed by atoms with Crippen molar-refractivity contribution in [1.82, 2.24) is 4.31 Å². The van der Waals surface area contributed by atoms with Crippen molar-refractivity contribution < 1.29 is 13.2 Å². The van der Waals surface area contributed by atoms with Gasteiger partial charge < -0.3 is 0 Å². The summed E-state index contributed by atoms with van der Waals surface area (Å²) in [4.78, 5) is 12.9. The molecule has 0 N–H and O–H groups in total. The summed E-state index contributed by atoms with van der Waals surface area (Å²) in [6.45, 7) is 2.62. The fraction of sp³-hybridized carbons (Fsp3) is 0.650. The first kappa shape index (κ1) is 18.5. The molecule has 3 fully saturated rings. The van der Waals surface area contributed by atoms with E-state index in [0.29, 0.717) is 46.4 Å². The SMILES string of the molecule is CC[C@@H]1C(=O)C[C@H]2CCN(S(=O)(=O)c3ccc(Cl)cc3)[C@H]3CCC[C@@H]1[C@H]23. The van der Waals surface area contributed by atoms with Crippen molar-refractivity contribution in [1.29, 1.82) is 0 Å². The normalized spacial score (nSPS) is 35.2. The van der Waals surface area contributed by atoms with Gasteiger partial charge in [0, 0.05) is 29.9 Å². The number of rotatable bonds is 3. The molecule has 3 aliphatic rings. The van der Waals surface area contributed by atoms with Gasteiger partial charge in [-0.15, -0.1) is 0 Å². The van der Waals surface area contributed by atoms with Gasteiger partial charge in [-0.1, -0.05) is 24.9 Å². The standard InChI is InChI=1S/C20H26ClNO3S/c1-2-16-17-4-3-5-18-20(17)13(12-19(16)23)10-11-22(18)26(24,25)15-8-6-14(21)7-9-15/h6-9,13,16-18,20H,2-5,10-12H2,1H3/t13-,16+,17+,18+,20+/m1/s1. The van der Waals surface area contributed by atoms with E-state index in [-0.39, 0.29) is 12.0 Å². The smallest absolute Gasteiger partial charge is 0.243 e. The number of nitrogens with zero attached hydrogens (tertiary/aromatic N) is 1. The van der Waals surface area contributed by atoms with E-state index in [1.807, 2.05) is 0 Å². The molecule has 1 aromatic rings. The lowest BCUT2D eigenvalue weighted by Crippen LogP contribution is -2.59. The molecule has 6 heteroatoms. The third-order valence-electron chi connectivity index (χ3n) is 6.86. The van der Waals surface area contributed by atoms with Gasteiger partial charge in [-0.25, -0.2) is 8.42 Å². The summed E-state index contributed by atoms with van der Waals surface area (Å²) in [6.07, 6.45) is 5.31. The van der Waals surface area contributed by atoms with Crippen molar-refractivity contribution in [3.8, 4) is 0 Å². The Balaban J connectivity index is 1.68. The maximum Gasteiger partial charge on any atom is 0.243 e. The van der Waals surface area contributed by atoms with Crippen LogP contribution in [0.15, 0.2) is 29.2 Å². The number of carbonyl (C=O) groups is 1. The first-order valence-electron chi connectivity index (χ1n) is 9.73. The second-order valence-electron chi connectivity index (χ2n) is 8.04. The summed E-state index contributed by atoms with van der Waals surface area (Å²) in [5.74, 6) is 1.58. The van der Waals surface area contributed by atoms with Crippen LogP contribution in [0.1, 0.15) is 45.4 Å². The van der Waals surface area contributed by atoms with E-state index in [2.05, 4.69) is 6.92 Å². The van der Waals surface area contributed by atoms with E-state index in [9.17, 15) is 13.2 Å². The minimum absolute atomic E-state index is 0.0373. The summed E-state index contributed by atoms with van der Waals surface area (Å²) in [6, 6.07) is 6.51. The van der Waals surface area contributed by atoms with E-state index in [1.165, 1.54) is 0 Å². The van der Waals surface area contributed by atoms with Gasteiger partial charge in [0.1, 0.15) is 5.78 Å². The highest BCUT2D eigenvalue weighted by atomic mass is 35.5. The molecule has 142 valence electrons. The second kappa shape index (κ2) is 6.92. The molecule has 0 spiro atoms. The summed E-state index contributed by atoms with van der Waals surface area (Å²) in [7, 11) is -3.53. The molecule has 2 aliphatic carbocycles. The summed E-state index contributed by atoms with van der Waals surface area (Å²) in [5.41, 5.74) is 0. The predicted molar refractivity (Wildman–Crippen MR) is 101 cm³/mol. The van der Waals surface area contributed by atoms with Crippen molar-refractivity contribution >= 4 is 27.4 Å². The lowest BCUT2D eigenvalue weighted by molar-refractivity contribution is -0.136. The van der Waals surface area contributed by atoms with Gasteiger partial charge >= 0.3 is 0 Å². The van der Waals surface area contributed by atoms with Crippen LogP contribution in [-0.2, 0) is 14.8 Å². The molecule has 4 nitrogen and oxygen atoms in total. The molecule has 1 heterocycles. The molecule has 5 atom stereocenters. The number of Topliss-reactive ketones (excluding diaryl/α,β-unsaturated/α-hetero) is 1. The maximum absolute atomic E-state index is 13.3. The number of hydrogen-bond acceptors (Lipinski definition) is 3. The van der Waals surface area contributed by atoms with Crippen LogP contribution in [0.25, 0.3) is 0 Å². The van der Waals surface area contributed by atoms with E-state index in [4.69, 9.17) is 11.6 Å². The van der Waals surface area contributed by atoms with E-state index in [0.717, 1.165) is 32.1 Å². The van der Waals surface area contributed by atoms with Crippen molar-refractivity contribution in [3.63, 3.8) is 0 Å². The number of piperidine rings is 1. The Labute approximate surface area is 161 Å². The molecular weight excluding hydrogens is 370 g/mol. The van der Waals surface area contributed by atoms with E-state index in [1.54, 1.807) is 28.6 Å². The van der Waals surface area contributed by atoms with Crippen LogP contribution in [0.3, 0.4) is 0 Å². The Hall–Kier alpha value is -0.910. The van der Waals surface area contributed by atoms with Crippen LogP contribution in [0.2, 0.25) is 5.02 Å².